The zero-order chi connectivity index (χ0) is 17.5. The number of thioether (sulfide) groups is 1. The van der Waals surface area contributed by atoms with E-state index in [1.54, 1.807) is 19.2 Å². The van der Waals surface area contributed by atoms with Crippen LogP contribution < -0.4 is 5.73 Å². The molecule has 0 heterocycles. The van der Waals surface area contributed by atoms with E-state index in [1.807, 2.05) is 19.1 Å². The van der Waals surface area contributed by atoms with Gasteiger partial charge in [0.25, 0.3) is 0 Å². The van der Waals surface area contributed by atoms with E-state index in [0.29, 0.717) is 18.4 Å². The first-order chi connectivity index (χ1) is 11.5. The van der Waals surface area contributed by atoms with E-state index in [2.05, 4.69) is 4.99 Å². The summed E-state index contributed by atoms with van der Waals surface area (Å²) in [6.07, 6.45) is 3.38. The van der Waals surface area contributed by atoms with Gasteiger partial charge in [-0.05, 0) is 31.9 Å². The standard InChI is InChI=1S/C18H24FN3OS/c1-12(22-16-6-4-3-5-15(19)11-16)24-18(21-2)14-9-7-13(8-10-14)17(20)23/h7-10,15-16H,3-6,11H2,1-2H3,(H2,20,23)/t15-,16?/m1/s1. The molecular weight excluding hydrogens is 325 g/mol. The van der Waals surface area contributed by atoms with E-state index < -0.39 is 12.1 Å². The molecule has 0 saturated heterocycles. The first kappa shape index (κ1) is 18.6. The topological polar surface area (TPSA) is 67.8 Å². The minimum Gasteiger partial charge on any atom is -0.366 e. The summed E-state index contributed by atoms with van der Waals surface area (Å²) >= 11 is 1.48. The maximum absolute atomic E-state index is 13.7. The number of carbonyl (C=O) groups excluding carboxylic acids is 1. The van der Waals surface area contributed by atoms with Gasteiger partial charge in [-0.15, -0.1) is 0 Å². The van der Waals surface area contributed by atoms with Crippen LogP contribution in [0.5, 0.6) is 0 Å². The molecule has 0 spiro atoms. The number of benzene rings is 1. The molecule has 2 atom stereocenters. The van der Waals surface area contributed by atoms with Crippen LogP contribution in [0.1, 0.15) is 54.9 Å². The summed E-state index contributed by atoms with van der Waals surface area (Å²) in [7, 11) is 1.72. The molecule has 2 N–H and O–H groups in total. The van der Waals surface area contributed by atoms with Gasteiger partial charge < -0.3 is 5.73 Å². The van der Waals surface area contributed by atoms with Crippen LogP contribution in [0.2, 0.25) is 0 Å². The molecule has 0 bridgehead atoms. The average molecular weight is 349 g/mol. The summed E-state index contributed by atoms with van der Waals surface area (Å²) in [6.45, 7) is 1.94. The number of hydrogen-bond donors (Lipinski definition) is 1. The van der Waals surface area contributed by atoms with E-state index in [9.17, 15) is 9.18 Å². The van der Waals surface area contributed by atoms with Crippen LogP contribution in [0.4, 0.5) is 4.39 Å². The number of alkyl halides is 1. The summed E-state index contributed by atoms with van der Waals surface area (Å²) in [6, 6.07) is 7.09. The Hall–Kier alpha value is -1.69. The molecule has 1 aromatic rings. The van der Waals surface area contributed by atoms with Crippen molar-refractivity contribution >= 4 is 27.8 Å². The van der Waals surface area contributed by atoms with Gasteiger partial charge in [-0.25, -0.2) is 4.39 Å². The molecule has 0 radical (unpaired) electrons. The predicted molar refractivity (Wildman–Crippen MR) is 99.9 cm³/mol. The van der Waals surface area contributed by atoms with Gasteiger partial charge in [0.1, 0.15) is 11.2 Å². The van der Waals surface area contributed by atoms with Crippen molar-refractivity contribution in [2.24, 2.45) is 15.7 Å². The predicted octanol–water partition coefficient (Wildman–Crippen LogP) is 3.98. The fourth-order valence-electron chi connectivity index (χ4n) is 2.83. The van der Waals surface area contributed by atoms with E-state index in [-0.39, 0.29) is 6.04 Å². The lowest BCUT2D eigenvalue weighted by molar-refractivity contribution is 0.100. The highest BCUT2D eigenvalue weighted by Gasteiger charge is 2.19. The summed E-state index contributed by atoms with van der Waals surface area (Å²) in [5, 5.41) is 1.70. The van der Waals surface area contributed by atoms with Crippen molar-refractivity contribution in [2.75, 3.05) is 7.05 Å². The molecule has 1 saturated carbocycles. The molecule has 6 heteroatoms. The Morgan fingerprint density at radius 1 is 1.21 bits per heavy atom. The quantitative estimate of drug-likeness (QED) is 0.509. The lowest BCUT2D eigenvalue weighted by atomic mass is 10.1. The molecule has 1 aromatic carbocycles. The van der Waals surface area contributed by atoms with Crippen molar-refractivity contribution in [1.29, 1.82) is 0 Å². The first-order valence-electron chi connectivity index (χ1n) is 8.23. The Balaban J connectivity index is 2.06. The number of amides is 1. The van der Waals surface area contributed by atoms with Crippen molar-refractivity contribution in [1.82, 2.24) is 0 Å². The summed E-state index contributed by atoms with van der Waals surface area (Å²) < 4.78 is 13.7. The number of primary amides is 1. The fraction of sp³-hybridized carbons (Fsp3) is 0.500. The number of aliphatic imine (C=N–C) groups is 2. The molecule has 1 aliphatic rings. The van der Waals surface area contributed by atoms with Gasteiger partial charge in [-0.2, -0.15) is 0 Å². The molecule has 1 aliphatic carbocycles. The molecule has 1 fully saturated rings. The van der Waals surface area contributed by atoms with E-state index in [4.69, 9.17) is 10.7 Å². The van der Waals surface area contributed by atoms with Crippen molar-refractivity contribution in [3.05, 3.63) is 35.4 Å². The van der Waals surface area contributed by atoms with Crippen LogP contribution >= 0.6 is 11.8 Å². The third-order valence-electron chi connectivity index (χ3n) is 4.06. The Labute approximate surface area is 146 Å². The first-order valence-corrected chi connectivity index (χ1v) is 9.04. The van der Waals surface area contributed by atoms with E-state index in [0.717, 1.165) is 34.9 Å². The highest BCUT2D eigenvalue weighted by molar-refractivity contribution is 8.27. The molecule has 2 rings (SSSR count). The molecule has 130 valence electrons. The van der Waals surface area contributed by atoms with Gasteiger partial charge in [-0.3, -0.25) is 14.8 Å². The van der Waals surface area contributed by atoms with Crippen LogP contribution in [0, 0.1) is 0 Å². The van der Waals surface area contributed by atoms with E-state index >= 15 is 0 Å². The molecule has 0 aliphatic heterocycles. The van der Waals surface area contributed by atoms with Crippen LogP contribution in [0.3, 0.4) is 0 Å². The zero-order valence-corrected chi connectivity index (χ0v) is 15.0. The Kier molecular flexibility index (Phi) is 6.97. The summed E-state index contributed by atoms with van der Waals surface area (Å²) in [5.74, 6) is -0.448. The van der Waals surface area contributed by atoms with Crippen molar-refractivity contribution in [3.63, 3.8) is 0 Å². The Morgan fingerprint density at radius 2 is 1.83 bits per heavy atom. The van der Waals surface area contributed by atoms with Gasteiger partial charge in [0.15, 0.2) is 0 Å². The van der Waals surface area contributed by atoms with Crippen LogP contribution in [0.15, 0.2) is 34.3 Å². The SMILES string of the molecule is CN=C(SC(C)=NC1CCCC[C@@H](F)C1)c1ccc(C(N)=O)cc1. The van der Waals surface area contributed by atoms with Crippen LogP contribution in [0.25, 0.3) is 0 Å². The highest BCUT2D eigenvalue weighted by Crippen LogP contribution is 2.24. The van der Waals surface area contributed by atoms with Crippen molar-refractivity contribution < 1.29 is 9.18 Å². The van der Waals surface area contributed by atoms with Crippen molar-refractivity contribution in [3.8, 4) is 0 Å². The fourth-order valence-corrected chi connectivity index (χ4v) is 3.65. The number of hydrogen-bond acceptors (Lipinski definition) is 4. The molecule has 0 aromatic heterocycles. The number of nitrogens with zero attached hydrogens (tertiary/aromatic N) is 2. The van der Waals surface area contributed by atoms with Gasteiger partial charge in [0, 0.05) is 24.6 Å². The minimum atomic E-state index is -0.736. The van der Waals surface area contributed by atoms with Gasteiger partial charge in [0.2, 0.25) is 5.91 Å². The maximum Gasteiger partial charge on any atom is 0.248 e. The minimum absolute atomic E-state index is 0.0605. The van der Waals surface area contributed by atoms with Crippen molar-refractivity contribution in [2.45, 2.75) is 51.2 Å². The molecule has 1 unspecified atom stereocenters. The normalized spacial score (nSPS) is 23.0. The summed E-state index contributed by atoms with van der Waals surface area (Å²) in [5.41, 5.74) is 6.64. The largest absolute Gasteiger partial charge is 0.366 e. The lowest BCUT2D eigenvalue weighted by Gasteiger charge is -2.13. The third-order valence-corrected chi connectivity index (χ3v) is 5.07. The van der Waals surface area contributed by atoms with Gasteiger partial charge in [0.05, 0.1) is 11.1 Å². The Morgan fingerprint density at radius 3 is 2.46 bits per heavy atom. The average Bonchev–Trinajstić information content (AvgIpc) is 2.76. The second-order valence-electron chi connectivity index (χ2n) is 5.99. The second-order valence-corrected chi connectivity index (χ2v) is 7.17. The molecule has 24 heavy (non-hydrogen) atoms. The van der Waals surface area contributed by atoms with Crippen LogP contribution in [-0.2, 0) is 0 Å². The van der Waals surface area contributed by atoms with Crippen LogP contribution in [-0.4, -0.2) is 35.3 Å². The smallest absolute Gasteiger partial charge is 0.248 e. The van der Waals surface area contributed by atoms with Gasteiger partial charge in [-0.1, -0.05) is 36.7 Å². The van der Waals surface area contributed by atoms with Gasteiger partial charge >= 0.3 is 0 Å². The molecule has 1 amide bonds. The number of nitrogens with two attached hydrogens (primary N) is 1. The molecule has 4 nitrogen and oxygen atoms in total. The maximum atomic E-state index is 13.7. The third kappa shape index (κ3) is 5.44. The van der Waals surface area contributed by atoms with E-state index in [1.165, 1.54) is 11.8 Å². The Bertz CT molecular complexity index is 628. The zero-order valence-electron chi connectivity index (χ0n) is 14.2. The second kappa shape index (κ2) is 8.97. The number of rotatable bonds is 3. The number of halogens is 1. The highest BCUT2D eigenvalue weighted by atomic mass is 32.2. The monoisotopic (exact) mass is 349 g/mol. The number of carbonyl (C=O) groups is 1. The summed E-state index contributed by atoms with van der Waals surface area (Å²) in [4.78, 5) is 20.1. The molecular formula is C18H24FN3OS. The lowest BCUT2D eigenvalue weighted by Crippen LogP contribution is -2.12.